The molecule has 2 saturated heterocycles. The van der Waals surface area contributed by atoms with Gasteiger partial charge in [-0.15, -0.1) is 0 Å². The van der Waals surface area contributed by atoms with E-state index in [1.54, 1.807) is 6.07 Å². The second-order valence-electron chi connectivity index (χ2n) is 10.3. The standard InChI is InChI=1S/C24H32O5/c1-13-17-9-11-23(29-24(13)20(27)14(2)21(3,4)28-24)18-6-7-19(26)16(12-25)15(18)8-10-22(17,23)5/h6-8,10,13-14,17,20,25-27H,9,11-12H2,1-5H3. The molecule has 1 aromatic carbocycles. The van der Waals surface area contributed by atoms with E-state index in [9.17, 15) is 15.3 Å². The Bertz CT molecular complexity index is 907. The largest absolute Gasteiger partial charge is 0.508 e. The number of benzene rings is 1. The van der Waals surface area contributed by atoms with Gasteiger partial charge in [0.25, 0.3) is 0 Å². The number of aliphatic hydroxyl groups is 2. The molecule has 2 aliphatic heterocycles. The first kappa shape index (κ1) is 19.6. The normalized spacial score (nSPS) is 46.7. The average Bonchev–Trinajstić information content (AvgIpc) is 2.99. The van der Waals surface area contributed by atoms with Gasteiger partial charge in [-0.25, -0.2) is 0 Å². The zero-order chi connectivity index (χ0) is 21.0. The lowest BCUT2D eigenvalue weighted by Crippen LogP contribution is -2.64. The van der Waals surface area contributed by atoms with Crippen molar-refractivity contribution in [3.05, 3.63) is 34.9 Å². The van der Waals surface area contributed by atoms with Crippen LogP contribution in [-0.4, -0.2) is 32.8 Å². The van der Waals surface area contributed by atoms with Crippen molar-refractivity contribution in [1.29, 1.82) is 0 Å². The first-order valence-corrected chi connectivity index (χ1v) is 10.8. The Hall–Kier alpha value is -1.40. The molecule has 2 bridgehead atoms. The third-order valence-corrected chi connectivity index (χ3v) is 8.95. The van der Waals surface area contributed by atoms with E-state index in [-0.39, 0.29) is 29.6 Å². The van der Waals surface area contributed by atoms with E-state index in [4.69, 9.17) is 9.47 Å². The molecule has 7 unspecified atom stereocenters. The molecule has 1 aromatic rings. The molecule has 5 rings (SSSR count). The summed E-state index contributed by atoms with van der Waals surface area (Å²) < 4.78 is 13.6. The number of hydrogen-bond donors (Lipinski definition) is 3. The van der Waals surface area contributed by atoms with Gasteiger partial charge >= 0.3 is 0 Å². The third-order valence-electron chi connectivity index (χ3n) is 8.95. The quantitative estimate of drug-likeness (QED) is 0.670. The molecule has 2 aliphatic carbocycles. The van der Waals surface area contributed by atoms with Crippen LogP contribution in [0.2, 0.25) is 0 Å². The molecule has 4 aliphatic rings. The Morgan fingerprint density at radius 2 is 1.83 bits per heavy atom. The van der Waals surface area contributed by atoms with Crippen molar-refractivity contribution in [2.24, 2.45) is 23.2 Å². The molecule has 3 fully saturated rings. The number of fused-ring (bicyclic) bond motifs is 1. The summed E-state index contributed by atoms with van der Waals surface area (Å²) in [6.45, 7) is 10.2. The highest BCUT2D eigenvalue weighted by Crippen LogP contribution is 2.71. The summed E-state index contributed by atoms with van der Waals surface area (Å²) in [5.41, 5.74) is 0.939. The van der Waals surface area contributed by atoms with Gasteiger partial charge in [0.15, 0.2) is 5.79 Å². The number of aliphatic hydroxyl groups excluding tert-OH is 2. The maximum atomic E-state index is 11.4. The van der Waals surface area contributed by atoms with Crippen LogP contribution in [0.5, 0.6) is 5.75 Å². The molecule has 29 heavy (non-hydrogen) atoms. The predicted molar refractivity (Wildman–Crippen MR) is 109 cm³/mol. The zero-order valence-corrected chi connectivity index (χ0v) is 17.9. The van der Waals surface area contributed by atoms with Gasteiger partial charge < -0.3 is 24.8 Å². The van der Waals surface area contributed by atoms with E-state index in [2.05, 4.69) is 19.9 Å². The van der Waals surface area contributed by atoms with Gasteiger partial charge in [0.05, 0.1) is 12.2 Å². The van der Waals surface area contributed by atoms with Crippen LogP contribution in [0.25, 0.3) is 6.08 Å². The van der Waals surface area contributed by atoms with Gasteiger partial charge in [0, 0.05) is 22.8 Å². The summed E-state index contributed by atoms with van der Waals surface area (Å²) in [6.07, 6.45) is 5.30. The van der Waals surface area contributed by atoms with Crippen LogP contribution in [0.1, 0.15) is 64.2 Å². The monoisotopic (exact) mass is 400 g/mol. The van der Waals surface area contributed by atoms with Crippen molar-refractivity contribution in [2.75, 3.05) is 0 Å². The lowest BCUT2D eigenvalue weighted by Gasteiger charge is -2.59. The van der Waals surface area contributed by atoms with Crippen molar-refractivity contribution in [1.82, 2.24) is 0 Å². The highest BCUT2D eigenvalue weighted by Gasteiger charge is 2.74. The van der Waals surface area contributed by atoms with Crippen LogP contribution < -0.4 is 0 Å². The van der Waals surface area contributed by atoms with Gasteiger partial charge in [-0.05, 0) is 49.8 Å². The van der Waals surface area contributed by atoms with Gasteiger partial charge in [0.2, 0.25) is 0 Å². The van der Waals surface area contributed by atoms with Crippen LogP contribution in [0.15, 0.2) is 18.2 Å². The van der Waals surface area contributed by atoms with Crippen LogP contribution in [-0.2, 0) is 21.7 Å². The molecule has 0 amide bonds. The van der Waals surface area contributed by atoms with Crippen LogP contribution in [0, 0.1) is 23.2 Å². The van der Waals surface area contributed by atoms with Gasteiger partial charge in [-0.3, -0.25) is 0 Å². The third kappa shape index (κ3) is 2.05. The average molecular weight is 401 g/mol. The molecule has 1 spiro atoms. The Morgan fingerprint density at radius 3 is 2.45 bits per heavy atom. The fourth-order valence-corrected chi connectivity index (χ4v) is 6.90. The van der Waals surface area contributed by atoms with E-state index in [1.165, 1.54) is 0 Å². The minimum Gasteiger partial charge on any atom is -0.508 e. The SMILES string of the molecule is CC1C(O)C2(OC1(C)C)OC13CCC(C2C)C1(C)C=Cc1c3ccc(O)c1CO. The lowest BCUT2D eigenvalue weighted by atomic mass is 9.57. The summed E-state index contributed by atoms with van der Waals surface area (Å²) in [7, 11) is 0. The first-order valence-electron chi connectivity index (χ1n) is 10.8. The molecule has 3 N–H and O–H groups in total. The van der Waals surface area contributed by atoms with E-state index in [1.807, 2.05) is 32.9 Å². The molecule has 1 saturated carbocycles. The van der Waals surface area contributed by atoms with Crippen molar-refractivity contribution < 1.29 is 24.8 Å². The Kier molecular flexibility index (Phi) is 3.80. The highest BCUT2D eigenvalue weighted by molar-refractivity contribution is 5.67. The minimum absolute atomic E-state index is 0.0305. The molecule has 7 atom stereocenters. The molecule has 5 nitrogen and oxygen atoms in total. The van der Waals surface area contributed by atoms with Crippen molar-refractivity contribution in [3.8, 4) is 5.75 Å². The van der Waals surface area contributed by atoms with Crippen LogP contribution in [0.3, 0.4) is 0 Å². The number of aromatic hydroxyl groups is 1. The van der Waals surface area contributed by atoms with E-state index in [0.29, 0.717) is 11.5 Å². The molecular weight excluding hydrogens is 368 g/mol. The van der Waals surface area contributed by atoms with Gasteiger partial charge in [-0.1, -0.05) is 39.0 Å². The summed E-state index contributed by atoms with van der Waals surface area (Å²) >= 11 is 0. The molecule has 158 valence electrons. The molecule has 5 heteroatoms. The minimum atomic E-state index is -1.07. The second-order valence-corrected chi connectivity index (χ2v) is 10.3. The number of ether oxygens (including phenoxy) is 2. The number of phenols is 1. The van der Waals surface area contributed by atoms with Crippen molar-refractivity contribution in [2.45, 2.75) is 77.2 Å². The summed E-state index contributed by atoms with van der Waals surface area (Å²) in [6, 6.07) is 3.58. The van der Waals surface area contributed by atoms with E-state index in [0.717, 1.165) is 24.0 Å². The first-order chi connectivity index (χ1) is 13.5. The summed E-state index contributed by atoms with van der Waals surface area (Å²) in [5.74, 6) is -0.706. The predicted octanol–water partition coefficient (Wildman–Crippen LogP) is 3.69. The fraction of sp³-hybridized carbons (Fsp3) is 0.667. The fourth-order valence-electron chi connectivity index (χ4n) is 6.90. The molecular formula is C24H32O5. The zero-order valence-electron chi connectivity index (χ0n) is 17.9. The van der Waals surface area contributed by atoms with Gasteiger partial charge in [0.1, 0.15) is 17.5 Å². The summed E-state index contributed by atoms with van der Waals surface area (Å²) in [4.78, 5) is 0. The number of rotatable bonds is 1. The Labute approximate surface area is 172 Å². The van der Waals surface area contributed by atoms with Gasteiger partial charge in [-0.2, -0.15) is 0 Å². The Balaban J connectivity index is 1.74. The van der Waals surface area contributed by atoms with Crippen LogP contribution >= 0.6 is 0 Å². The van der Waals surface area contributed by atoms with Crippen molar-refractivity contribution in [3.63, 3.8) is 0 Å². The van der Waals surface area contributed by atoms with E-state index >= 15 is 0 Å². The van der Waals surface area contributed by atoms with Crippen molar-refractivity contribution >= 4 is 6.08 Å². The lowest BCUT2D eigenvalue weighted by molar-refractivity contribution is -0.382. The number of hydrogen-bond acceptors (Lipinski definition) is 5. The topological polar surface area (TPSA) is 79.2 Å². The summed E-state index contributed by atoms with van der Waals surface area (Å²) in [5, 5.41) is 31.5. The molecule has 0 radical (unpaired) electrons. The maximum Gasteiger partial charge on any atom is 0.199 e. The smallest absolute Gasteiger partial charge is 0.199 e. The maximum absolute atomic E-state index is 11.4. The molecule has 0 aromatic heterocycles. The molecule has 2 heterocycles. The second kappa shape index (κ2) is 5.64. The van der Waals surface area contributed by atoms with Crippen LogP contribution in [0.4, 0.5) is 0 Å². The highest BCUT2D eigenvalue weighted by atomic mass is 16.7. The van der Waals surface area contributed by atoms with E-state index < -0.39 is 23.1 Å². The Morgan fingerprint density at radius 1 is 1.10 bits per heavy atom.